The van der Waals surface area contributed by atoms with E-state index in [1.54, 1.807) is 16.8 Å². The zero-order valence-electron chi connectivity index (χ0n) is 15.4. The summed E-state index contributed by atoms with van der Waals surface area (Å²) >= 11 is 0. The van der Waals surface area contributed by atoms with Gasteiger partial charge in [0.15, 0.2) is 0 Å². The summed E-state index contributed by atoms with van der Waals surface area (Å²) in [5.41, 5.74) is 2.90. The van der Waals surface area contributed by atoms with E-state index in [1.165, 1.54) is 7.11 Å². The molecule has 27 heavy (non-hydrogen) atoms. The first kappa shape index (κ1) is 19.5. The Morgan fingerprint density at radius 3 is 2.78 bits per heavy atom. The fourth-order valence-electron chi connectivity index (χ4n) is 3.23. The molecule has 1 aromatic heterocycles. The molecule has 0 bridgehead atoms. The number of sulfonamides is 1. The molecule has 1 amide bonds. The molecule has 1 aromatic carbocycles. The Morgan fingerprint density at radius 1 is 1.30 bits per heavy atom. The first-order valence-corrected chi connectivity index (χ1v) is 10.3. The Balaban J connectivity index is 1.60. The van der Waals surface area contributed by atoms with Crippen LogP contribution < -0.4 is 10.0 Å². The fourth-order valence-corrected chi connectivity index (χ4v) is 4.30. The fraction of sp³-hybridized carbons (Fsp3) is 0.444. The van der Waals surface area contributed by atoms with Gasteiger partial charge < -0.3 is 10.1 Å². The van der Waals surface area contributed by atoms with Gasteiger partial charge in [-0.05, 0) is 49.1 Å². The van der Waals surface area contributed by atoms with Gasteiger partial charge in [-0.1, -0.05) is 6.07 Å². The summed E-state index contributed by atoms with van der Waals surface area (Å²) in [4.78, 5) is 11.9. The third-order valence-electron chi connectivity index (χ3n) is 4.47. The number of carbonyl (C=O) groups is 1. The minimum atomic E-state index is -3.59. The van der Waals surface area contributed by atoms with Crippen molar-refractivity contribution in [3.63, 3.8) is 0 Å². The number of hydrogen-bond acceptors (Lipinski definition) is 5. The molecule has 1 atom stereocenters. The van der Waals surface area contributed by atoms with Crippen molar-refractivity contribution in [3.8, 4) is 0 Å². The van der Waals surface area contributed by atoms with Crippen LogP contribution >= 0.6 is 0 Å². The molecule has 8 nitrogen and oxygen atoms in total. The van der Waals surface area contributed by atoms with Crippen molar-refractivity contribution in [3.05, 3.63) is 47.3 Å². The molecule has 0 spiro atoms. The number of rotatable bonds is 8. The zero-order chi connectivity index (χ0) is 19.4. The number of carbonyl (C=O) groups excluding carboxylic acids is 1. The average Bonchev–Trinajstić information content (AvgIpc) is 3.19. The van der Waals surface area contributed by atoms with Crippen LogP contribution in [-0.4, -0.2) is 50.4 Å². The van der Waals surface area contributed by atoms with Crippen molar-refractivity contribution >= 4 is 15.9 Å². The molecule has 2 N–H and O–H groups in total. The molecule has 9 heteroatoms. The van der Waals surface area contributed by atoms with E-state index in [0.29, 0.717) is 19.4 Å². The summed E-state index contributed by atoms with van der Waals surface area (Å²) in [5.74, 6) is -0.168. The van der Waals surface area contributed by atoms with Gasteiger partial charge in [-0.25, -0.2) is 13.1 Å². The lowest BCUT2D eigenvalue weighted by Gasteiger charge is -2.11. The molecule has 0 fully saturated rings. The summed E-state index contributed by atoms with van der Waals surface area (Å²) in [7, 11) is -2.12. The third-order valence-corrected chi connectivity index (χ3v) is 5.93. The summed E-state index contributed by atoms with van der Waals surface area (Å²) in [5, 5.41) is 7.13. The molecule has 0 saturated carbocycles. The summed E-state index contributed by atoms with van der Waals surface area (Å²) in [6.45, 7) is 2.63. The third kappa shape index (κ3) is 4.94. The van der Waals surface area contributed by atoms with Gasteiger partial charge in [-0.2, -0.15) is 5.10 Å². The minimum Gasteiger partial charge on any atom is -0.375 e. The van der Waals surface area contributed by atoms with Crippen LogP contribution in [0.4, 0.5) is 0 Å². The summed E-state index contributed by atoms with van der Waals surface area (Å²) in [6.07, 6.45) is 3.12. The number of aryl methyl sites for hydroxylation is 1. The number of ether oxygens (including phenoxy) is 1. The molecule has 2 aromatic rings. The number of hydrogen-bond donors (Lipinski definition) is 2. The Morgan fingerprint density at radius 2 is 2.07 bits per heavy atom. The highest BCUT2D eigenvalue weighted by molar-refractivity contribution is 7.89. The largest absolute Gasteiger partial charge is 0.375 e. The summed E-state index contributed by atoms with van der Waals surface area (Å²) in [6, 6.07) is 6.97. The maximum atomic E-state index is 12.5. The number of fused-ring (bicyclic) bond motifs is 1. The molecule has 1 heterocycles. The number of benzene rings is 1. The number of nitrogens with zero attached hydrogens (tertiary/aromatic N) is 2. The first-order valence-electron chi connectivity index (χ1n) is 8.77. The van der Waals surface area contributed by atoms with Crippen LogP contribution in [0.25, 0.3) is 0 Å². The second-order valence-electron chi connectivity index (χ2n) is 6.65. The molecule has 0 saturated heterocycles. The molecule has 1 aliphatic carbocycles. The van der Waals surface area contributed by atoms with Crippen molar-refractivity contribution in [1.29, 1.82) is 0 Å². The van der Waals surface area contributed by atoms with Crippen molar-refractivity contribution in [2.24, 2.45) is 0 Å². The highest BCUT2D eigenvalue weighted by Crippen LogP contribution is 2.25. The van der Waals surface area contributed by atoms with Crippen LogP contribution in [0.15, 0.2) is 35.4 Å². The maximum Gasteiger partial charge on any atom is 0.246 e. The lowest BCUT2D eigenvalue weighted by Crippen LogP contribution is -2.37. The number of nitrogens with one attached hydrogen (secondary N) is 2. The van der Waals surface area contributed by atoms with E-state index in [1.807, 2.05) is 25.3 Å². The van der Waals surface area contributed by atoms with Gasteiger partial charge in [0, 0.05) is 25.9 Å². The van der Waals surface area contributed by atoms with Gasteiger partial charge in [0.2, 0.25) is 15.9 Å². The lowest BCUT2D eigenvalue weighted by atomic mass is 10.1. The molecule has 146 valence electrons. The van der Waals surface area contributed by atoms with Crippen molar-refractivity contribution in [1.82, 2.24) is 19.8 Å². The van der Waals surface area contributed by atoms with E-state index in [2.05, 4.69) is 15.1 Å². The first-order chi connectivity index (χ1) is 12.9. The predicted molar refractivity (Wildman–Crippen MR) is 99.8 cm³/mol. The highest BCUT2D eigenvalue weighted by atomic mass is 32.2. The number of methoxy groups -OCH3 is 1. The van der Waals surface area contributed by atoms with Crippen LogP contribution in [0.3, 0.4) is 0 Å². The molecule has 0 aliphatic heterocycles. The second kappa shape index (κ2) is 8.20. The lowest BCUT2D eigenvalue weighted by molar-refractivity contribution is -0.125. The highest BCUT2D eigenvalue weighted by Gasteiger charge is 2.25. The van der Waals surface area contributed by atoms with Gasteiger partial charge in [-0.3, -0.25) is 9.48 Å². The van der Waals surface area contributed by atoms with E-state index < -0.39 is 10.0 Å². The SMILES string of the molecule is COCC(=O)N[C@H]1Cc2ccc(S(=O)(=O)NCCn3ccc(C)n3)cc2C1. The van der Waals surface area contributed by atoms with Crippen LogP contribution in [-0.2, 0) is 38.9 Å². The van der Waals surface area contributed by atoms with E-state index in [4.69, 9.17) is 4.74 Å². The van der Waals surface area contributed by atoms with Gasteiger partial charge in [0.05, 0.1) is 17.1 Å². The van der Waals surface area contributed by atoms with E-state index in [-0.39, 0.29) is 30.0 Å². The Bertz CT molecular complexity index is 923. The van der Waals surface area contributed by atoms with Crippen molar-refractivity contribution in [2.75, 3.05) is 20.3 Å². The van der Waals surface area contributed by atoms with Crippen LogP contribution in [0, 0.1) is 6.92 Å². The van der Waals surface area contributed by atoms with Gasteiger partial charge in [-0.15, -0.1) is 0 Å². The minimum absolute atomic E-state index is 0.0200. The maximum absolute atomic E-state index is 12.5. The van der Waals surface area contributed by atoms with Crippen molar-refractivity contribution < 1.29 is 17.9 Å². The average molecular weight is 392 g/mol. The van der Waals surface area contributed by atoms with Crippen LogP contribution in [0.1, 0.15) is 16.8 Å². The van der Waals surface area contributed by atoms with E-state index in [0.717, 1.165) is 16.8 Å². The van der Waals surface area contributed by atoms with Gasteiger partial charge in [0.1, 0.15) is 6.61 Å². The molecular formula is C18H24N4O4S. The smallest absolute Gasteiger partial charge is 0.246 e. The van der Waals surface area contributed by atoms with E-state index in [9.17, 15) is 13.2 Å². The summed E-state index contributed by atoms with van der Waals surface area (Å²) < 4.78 is 34.2. The van der Waals surface area contributed by atoms with Crippen LogP contribution in [0.2, 0.25) is 0 Å². The Kier molecular flexibility index (Phi) is 5.93. The Labute approximate surface area is 159 Å². The molecule has 3 rings (SSSR count). The monoisotopic (exact) mass is 392 g/mol. The normalized spacial score (nSPS) is 16.3. The molecular weight excluding hydrogens is 368 g/mol. The van der Waals surface area contributed by atoms with E-state index >= 15 is 0 Å². The second-order valence-corrected chi connectivity index (χ2v) is 8.42. The Hall–Kier alpha value is -2.23. The molecule has 1 aliphatic rings. The quantitative estimate of drug-likeness (QED) is 0.677. The van der Waals surface area contributed by atoms with Gasteiger partial charge in [0.25, 0.3) is 0 Å². The number of amides is 1. The number of aromatic nitrogens is 2. The van der Waals surface area contributed by atoms with Gasteiger partial charge >= 0.3 is 0 Å². The van der Waals surface area contributed by atoms with Crippen LogP contribution in [0.5, 0.6) is 0 Å². The van der Waals surface area contributed by atoms with Crippen molar-refractivity contribution in [2.45, 2.75) is 37.2 Å². The predicted octanol–water partition coefficient (Wildman–Crippen LogP) is 0.400. The zero-order valence-corrected chi connectivity index (χ0v) is 16.3. The molecule has 0 unspecified atom stereocenters. The topological polar surface area (TPSA) is 102 Å². The standard InChI is InChI=1S/C18H24N4O4S/c1-13-5-7-22(21-13)8-6-19-27(24,25)17-4-3-14-9-16(10-15(14)11-17)20-18(23)12-26-2/h3-5,7,11,16,19H,6,8-10,12H2,1-2H3,(H,20,23)/t16-/m0/s1. The molecule has 0 radical (unpaired) electrons.